The molecule has 0 aromatic carbocycles. The number of ether oxygens (including phenoxy) is 1. The van der Waals surface area contributed by atoms with Gasteiger partial charge in [-0.15, -0.1) is 0 Å². The van der Waals surface area contributed by atoms with Gasteiger partial charge in [0.25, 0.3) is 5.91 Å². The molecule has 0 aliphatic heterocycles. The third-order valence-electron chi connectivity index (χ3n) is 2.78. The Hall–Kier alpha value is -1.36. The van der Waals surface area contributed by atoms with Crippen LogP contribution >= 0.6 is 0 Å². The number of nitrogens with one attached hydrogen (secondary N) is 1. The van der Waals surface area contributed by atoms with Gasteiger partial charge in [-0.05, 0) is 20.8 Å². The van der Waals surface area contributed by atoms with Crippen LogP contribution in [0.2, 0.25) is 0 Å². The van der Waals surface area contributed by atoms with Crippen molar-refractivity contribution in [1.82, 2.24) is 10.5 Å². The maximum Gasteiger partial charge on any atom is 0.273 e. The highest BCUT2D eigenvalue weighted by Gasteiger charge is 2.21. The summed E-state index contributed by atoms with van der Waals surface area (Å²) in [5.41, 5.74) is 0.773. The normalized spacial score (nSPS) is 11.6. The molecule has 1 aromatic heterocycles. The van der Waals surface area contributed by atoms with Crippen LogP contribution in [0.1, 0.15) is 42.6 Å². The molecule has 0 aliphatic carbocycles. The summed E-state index contributed by atoms with van der Waals surface area (Å²) in [7, 11) is 1.61. The molecular weight excluding hydrogens is 220 g/mol. The fraction of sp³-hybridized carbons (Fsp3) is 0.667. The fourth-order valence-corrected chi connectivity index (χ4v) is 1.36. The van der Waals surface area contributed by atoms with Crippen LogP contribution in [0.15, 0.2) is 4.52 Å². The molecule has 5 heteroatoms. The summed E-state index contributed by atoms with van der Waals surface area (Å²) >= 11 is 0. The van der Waals surface area contributed by atoms with Gasteiger partial charge in [0.05, 0.1) is 5.60 Å². The van der Waals surface area contributed by atoms with E-state index in [1.807, 2.05) is 27.7 Å². The van der Waals surface area contributed by atoms with Crippen molar-refractivity contribution in [3.8, 4) is 0 Å². The zero-order valence-electron chi connectivity index (χ0n) is 11.1. The second-order valence-electron chi connectivity index (χ2n) is 4.58. The second-order valence-corrected chi connectivity index (χ2v) is 4.58. The first kappa shape index (κ1) is 13.7. The average molecular weight is 240 g/mol. The highest BCUT2D eigenvalue weighted by molar-refractivity contribution is 5.93. The van der Waals surface area contributed by atoms with Gasteiger partial charge in [0, 0.05) is 25.6 Å². The highest BCUT2D eigenvalue weighted by atomic mass is 16.5. The van der Waals surface area contributed by atoms with Crippen molar-refractivity contribution in [3.63, 3.8) is 0 Å². The fourth-order valence-electron chi connectivity index (χ4n) is 1.36. The maximum absolute atomic E-state index is 11.9. The second kappa shape index (κ2) is 5.31. The number of carbonyl (C=O) groups is 1. The molecule has 0 spiro atoms. The van der Waals surface area contributed by atoms with Crippen molar-refractivity contribution in [2.45, 2.75) is 39.7 Å². The first-order valence-corrected chi connectivity index (χ1v) is 5.69. The number of rotatable bonds is 5. The van der Waals surface area contributed by atoms with E-state index in [2.05, 4.69) is 10.5 Å². The third-order valence-corrected chi connectivity index (χ3v) is 2.78. The van der Waals surface area contributed by atoms with E-state index in [-0.39, 0.29) is 11.5 Å². The lowest BCUT2D eigenvalue weighted by Gasteiger charge is -2.22. The Morgan fingerprint density at radius 2 is 2.18 bits per heavy atom. The lowest BCUT2D eigenvalue weighted by Crippen LogP contribution is -2.40. The largest absolute Gasteiger partial charge is 0.377 e. The van der Waals surface area contributed by atoms with E-state index >= 15 is 0 Å². The zero-order chi connectivity index (χ0) is 13.1. The molecule has 0 aliphatic rings. The number of aromatic nitrogens is 1. The van der Waals surface area contributed by atoms with Gasteiger partial charge < -0.3 is 14.6 Å². The zero-order valence-corrected chi connectivity index (χ0v) is 11.1. The standard InChI is InChI=1S/C12H20N2O3/c1-6-9-8(2)10(14-17-9)11(15)13-7-12(3,4)16-5/h6-7H2,1-5H3,(H,13,15). The monoisotopic (exact) mass is 240 g/mol. The van der Waals surface area contributed by atoms with Crippen LogP contribution in [-0.4, -0.2) is 30.3 Å². The number of nitrogens with zero attached hydrogens (tertiary/aromatic N) is 1. The molecule has 17 heavy (non-hydrogen) atoms. The van der Waals surface area contributed by atoms with Gasteiger partial charge in [-0.2, -0.15) is 0 Å². The van der Waals surface area contributed by atoms with Gasteiger partial charge in [0.1, 0.15) is 5.76 Å². The van der Waals surface area contributed by atoms with Gasteiger partial charge >= 0.3 is 0 Å². The molecule has 5 nitrogen and oxygen atoms in total. The summed E-state index contributed by atoms with van der Waals surface area (Å²) in [5.74, 6) is 0.525. The minimum atomic E-state index is -0.388. The van der Waals surface area contributed by atoms with Crippen LogP contribution in [0.3, 0.4) is 0 Å². The first-order valence-electron chi connectivity index (χ1n) is 5.69. The van der Waals surface area contributed by atoms with Crippen LogP contribution in [-0.2, 0) is 11.2 Å². The number of hydrogen-bond donors (Lipinski definition) is 1. The van der Waals surface area contributed by atoms with E-state index < -0.39 is 0 Å². The first-order chi connectivity index (χ1) is 7.91. The summed E-state index contributed by atoms with van der Waals surface area (Å²) in [5, 5.41) is 6.57. The Balaban J connectivity index is 2.67. The minimum absolute atomic E-state index is 0.226. The van der Waals surface area contributed by atoms with Crippen molar-refractivity contribution < 1.29 is 14.1 Å². The Labute approximate surface area is 102 Å². The molecule has 0 unspecified atom stereocenters. The minimum Gasteiger partial charge on any atom is -0.377 e. The summed E-state index contributed by atoms with van der Waals surface area (Å²) < 4.78 is 10.3. The molecule has 0 fully saturated rings. The van der Waals surface area contributed by atoms with Crippen LogP contribution < -0.4 is 5.32 Å². The van der Waals surface area contributed by atoms with E-state index in [1.165, 1.54) is 0 Å². The number of amides is 1. The SMILES string of the molecule is CCc1onc(C(=O)NCC(C)(C)OC)c1C. The Bertz CT molecular complexity index is 396. The molecule has 1 amide bonds. The van der Waals surface area contributed by atoms with E-state index in [1.54, 1.807) is 7.11 Å². The van der Waals surface area contributed by atoms with Crippen LogP contribution in [0.4, 0.5) is 0 Å². The molecule has 1 rings (SSSR count). The molecule has 1 N–H and O–H groups in total. The van der Waals surface area contributed by atoms with E-state index in [9.17, 15) is 4.79 Å². The Morgan fingerprint density at radius 1 is 1.53 bits per heavy atom. The van der Waals surface area contributed by atoms with Crippen molar-refractivity contribution in [1.29, 1.82) is 0 Å². The highest BCUT2D eigenvalue weighted by Crippen LogP contribution is 2.13. The summed E-state index contributed by atoms with van der Waals surface area (Å²) in [4.78, 5) is 11.9. The number of carbonyl (C=O) groups excluding carboxylic acids is 1. The Morgan fingerprint density at radius 3 is 2.65 bits per heavy atom. The van der Waals surface area contributed by atoms with Gasteiger partial charge in [-0.25, -0.2) is 0 Å². The molecule has 0 saturated carbocycles. The molecule has 0 atom stereocenters. The van der Waals surface area contributed by atoms with E-state index in [0.29, 0.717) is 12.2 Å². The molecule has 0 radical (unpaired) electrons. The van der Waals surface area contributed by atoms with Gasteiger partial charge in [0.2, 0.25) is 0 Å². The van der Waals surface area contributed by atoms with Crippen LogP contribution in [0, 0.1) is 6.92 Å². The molecule has 96 valence electrons. The molecule has 0 bridgehead atoms. The average Bonchev–Trinajstić information content (AvgIpc) is 2.67. The lowest BCUT2D eigenvalue weighted by molar-refractivity contribution is 0.0227. The number of aryl methyl sites for hydroxylation is 1. The summed E-state index contributed by atoms with van der Waals surface area (Å²) in [6.07, 6.45) is 0.732. The smallest absolute Gasteiger partial charge is 0.273 e. The quantitative estimate of drug-likeness (QED) is 0.850. The molecule has 1 heterocycles. The van der Waals surface area contributed by atoms with Gasteiger partial charge in [-0.1, -0.05) is 12.1 Å². The summed E-state index contributed by atoms with van der Waals surface area (Å²) in [6, 6.07) is 0. The maximum atomic E-state index is 11.9. The van der Waals surface area contributed by atoms with E-state index in [0.717, 1.165) is 17.7 Å². The van der Waals surface area contributed by atoms with Crippen molar-refractivity contribution in [3.05, 3.63) is 17.0 Å². The molecule has 0 saturated heterocycles. The lowest BCUT2D eigenvalue weighted by atomic mass is 10.1. The van der Waals surface area contributed by atoms with E-state index in [4.69, 9.17) is 9.26 Å². The van der Waals surface area contributed by atoms with Gasteiger partial charge in [-0.3, -0.25) is 4.79 Å². The Kier molecular flexibility index (Phi) is 4.28. The molecular formula is C12H20N2O3. The van der Waals surface area contributed by atoms with Crippen LogP contribution in [0.5, 0.6) is 0 Å². The predicted octanol–water partition coefficient (Wildman–Crippen LogP) is 1.70. The van der Waals surface area contributed by atoms with Crippen molar-refractivity contribution in [2.75, 3.05) is 13.7 Å². The van der Waals surface area contributed by atoms with Crippen molar-refractivity contribution >= 4 is 5.91 Å². The number of hydrogen-bond acceptors (Lipinski definition) is 4. The van der Waals surface area contributed by atoms with Crippen LogP contribution in [0.25, 0.3) is 0 Å². The number of methoxy groups -OCH3 is 1. The summed E-state index contributed by atoms with van der Waals surface area (Å²) in [6.45, 7) is 8.03. The van der Waals surface area contributed by atoms with Crippen molar-refractivity contribution in [2.24, 2.45) is 0 Å². The van der Waals surface area contributed by atoms with Gasteiger partial charge in [0.15, 0.2) is 5.69 Å². The predicted molar refractivity (Wildman–Crippen MR) is 64.0 cm³/mol. The topological polar surface area (TPSA) is 64.4 Å². The third kappa shape index (κ3) is 3.30. The molecule has 1 aromatic rings.